The number of carbonyl (C=O) groups is 2. The van der Waals surface area contributed by atoms with Crippen LogP contribution in [0.1, 0.15) is 10.4 Å². The Labute approximate surface area is 112 Å². The molecular weight excluding hydrogens is 268 g/mol. The second-order valence-electron chi connectivity index (χ2n) is 3.74. The lowest BCUT2D eigenvalue weighted by Crippen LogP contribution is -2.20. The average molecular weight is 280 g/mol. The fourth-order valence-electron chi connectivity index (χ4n) is 1.68. The number of aromatic nitrogens is 1. The first-order valence-corrected chi connectivity index (χ1v) is 6.21. The first-order chi connectivity index (χ1) is 9.06. The molecule has 0 saturated carbocycles. The maximum Gasteiger partial charge on any atom is 0.337 e. The van der Waals surface area contributed by atoms with Crippen molar-refractivity contribution in [3.05, 3.63) is 28.6 Å². The SMILES string of the molecule is COC(=O)Cn1c(=N)sc2cc(C(=O)OC)ccc21. The van der Waals surface area contributed by atoms with Crippen molar-refractivity contribution >= 4 is 33.5 Å². The summed E-state index contributed by atoms with van der Waals surface area (Å²) >= 11 is 1.19. The Balaban J connectivity index is 2.51. The van der Waals surface area contributed by atoms with Crippen molar-refractivity contribution in [1.82, 2.24) is 4.57 Å². The van der Waals surface area contributed by atoms with Gasteiger partial charge < -0.3 is 14.0 Å². The third-order valence-electron chi connectivity index (χ3n) is 2.64. The lowest BCUT2D eigenvalue weighted by molar-refractivity contribution is -0.141. The van der Waals surface area contributed by atoms with Crippen LogP contribution in [0.2, 0.25) is 0 Å². The van der Waals surface area contributed by atoms with Crippen LogP contribution in [0.15, 0.2) is 18.2 Å². The molecule has 0 aliphatic rings. The van der Waals surface area contributed by atoms with E-state index in [1.54, 1.807) is 18.2 Å². The van der Waals surface area contributed by atoms with Crippen LogP contribution >= 0.6 is 11.3 Å². The van der Waals surface area contributed by atoms with Gasteiger partial charge in [-0.15, -0.1) is 0 Å². The standard InChI is InChI=1S/C12H12N2O4S/c1-17-10(15)6-14-8-4-3-7(11(16)18-2)5-9(8)19-12(14)13/h3-5,13H,6H2,1-2H3. The van der Waals surface area contributed by atoms with E-state index in [-0.39, 0.29) is 11.3 Å². The lowest BCUT2D eigenvalue weighted by Gasteiger charge is -2.03. The number of thiazole rings is 1. The van der Waals surface area contributed by atoms with Crippen LogP contribution in [0.4, 0.5) is 0 Å². The van der Waals surface area contributed by atoms with Crippen molar-refractivity contribution in [2.45, 2.75) is 6.54 Å². The monoisotopic (exact) mass is 280 g/mol. The Kier molecular flexibility index (Phi) is 3.66. The van der Waals surface area contributed by atoms with Gasteiger partial charge in [0.25, 0.3) is 0 Å². The van der Waals surface area contributed by atoms with E-state index in [0.29, 0.717) is 11.1 Å². The highest BCUT2D eigenvalue weighted by Crippen LogP contribution is 2.19. The quantitative estimate of drug-likeness (QED) is 0.855. The summed E-state index contributed by atoms with van der Waals surface area (Å²) in [6.07, 6.45) is 0. The summed E-state index contributed by atoms with van der Waals surface area (Å²) in [6.45, 7) is -0.0209. The Bertz CT molecular complexity index is 701. The molecule has 1 aromatic carbocycles. The number of hydrogen-bond donors (Lipinski definition) is 1. The molecule has 1 heterocycles. The number of ether oxygens (including phenoxy) is 2. The van der Waals surface area contributed by atoms with Crippen LogP contribution in [-0.4, -0.2) is 30.7 Å². The Morgan fingerprint density at radius 3 is 2.68 bits per heavy atom. The molecular formula is C12H12N2O4S. The van der Waals surface area contributed by atoms with E-state index in [1.165, 1.54) is 30.1 Å². The van der Waals surface area contributed by atoms with E-state index < -0.39 is 11.9 Å². The number of methoxy groups -OCH3 is 2. The molecule has 0 radical (unpaired) electrons. The molecule has 0 unspecified atom stereocenters. The van der Waals surface area contributed by atoms with Gasteiger partial charge in [-0.2, -0.15) is 0 Å². The van der Waals surface area contributed by atoms with Crippen molar-refractivity contribution in [1.29, 1.82) is 5.41 Å². The normalized spacial score (nSPS) is 10.4. The average Bonchev–Trinajstić information content (AvgIpc) is 2.73. The Morgan fingerprint density at radius 2 is 2.05 bits per heavy atom. The molecule has 0 aliphatic heterocycles. The molecule has 0 aliphatic carbocycles. The lowest BCUT2D eigenvalue weighted by atomic mass is 10.2. The smallest absolute Gasteiger partial charge is 0.337 e. The summed E-state index contributed by atoms with van der Waals surface area (Å²) in [7, 11) is 2.62. The summed E-state index contributed by atoms with van der Waals surface area (Å²) in [5.41, 5.74) is 1.13. The molecule has 19 heavy (non-hydrogen) atoms. The summed E-state index contributed by atoms with van der Waals surface area (Å²) in [5, 5.41) is 7.85. The summed E-state index contributed by atoms with van der Waals surface area (Å²) < 4.78 is 11.5. The highest BCUT2D eigenvalue weighted by molar-refractivity contribution is 7.16. The second kappa shape index (κ2) is 5.23. The van der Waals surface area contributed by atoms with E-state index in [4.69, 9.17) is 5.41 Å². The van der Waals surface area contributed by atoms with E-state index in [2.05, 4.69) is 9.47 Å². The van der Waals surface area contributed by atoms with Gasteiger partial charge in [-0.05, 0) is 18.2 Å². The number of benzene rings is 1. The predicted molar refractivity (Wildman–Crippen MR) is 69.0 cm³/mol. The van der Waals surface area contributed by atoms with Gasteiger partial charge in [-0.3, -0.25) is 10.2 Å². The number of nitrogens with one attached hydrogen (secondary N) is 1. The highest BCUT2D eigenvalue weighted by atomic mass is 32.1. The largest absolute Gasteiger partial charge is 0.468 e. The highest BCUT2D eigenvalue weighted by Gasteiger charge is 2.12. The molecule has 7 heteroatoms. The third kappa shape index (κ3) is 2.50. The molecule has 0 amide bonds. The first-order valence-electron chi connectivity index (χ1n) is 5.40. The van der Waals surface area contributed by atoms with Crippen LogP contribution in [0.5, 0.6) is 0 Å². The molecule has 0 saturated heterocycles. The molecule has 0 atom stereocenters. The fraction of sp³-hybridized carbons (Fsp3) is 0.250. The maximum atomic E-state index is 11.4. The zero-order valence-electron chi connectivity index (χ0n) is 10.4. The van der Waals surface area contributed by atoms with E-state index in [0.717, 1.165) is 4.70 Å². The third-order valence-corrected chi connectivity index (χ3v) is 3.60. The van der Waals surface area contributed by atoms with E-state index >= 15 is 0 Å². The van der Waals surface area contributed by atoms with Gasteiger partial charge in [0.2, 0.25) is 0 Å². The molecule has 1 aromatic heterocycles. The zero-order chi connectivity index (χ0) is 14.0. The molecule has 0 bridgehead atoms. The van der Waals surface area contributed by atoms with Gasteiger partial charge in [-0.1, -0.05) is 11.3 Å². The minimum Gasteiger partial charge on any atom is -0.468 e. The summed E-state index contributed by atoms with van der Waals surface area (Å²) in [6, 6.07) is 4.95. The van der Waals surface area contributed by atoms with Crippen LogP contribution < -0.4 is 4.80 Å². The van der Waals surface area contributed by atoms with Gasteiger partial charge in [0, 0.05) is 0 Å². The molecule has 2 rings (SSSR count). The second-order valence-corrected chi connectivity index (χ2v) is 4.77. The summed E-state index contributed by atoms with van der Waals surface area (Å²) in [5.74, 6) is -0.850. The molecule has 2 aromatic rings. The van der Waals surface area contributed by atoms with E-state index in [9.17, 15) is 9.59 Å². The number of fused-ring (bicyclic) bond motifs is 1. The molecule has 1 N–H and O–H groups in total. The topological polar surface area (TPSA) is 81.4 Å². The van der Waals surface area contributed by atoms with Crippen molar-refractivity contribution < 1.29 is 19.1 Å². The molecule has 6 nitrogen and oxygen atoms in total. The van der Waals surface area contributed by atoms with Crippen molar-refractivity contribution in [2.24, 2.45) is 0 Å². The van der Waals surface area contributed by atoms with Crippen molar-refractivity contribution in [3.63, 3.8) is 0 Å². The van der Waals surface area contributed by atoms with Gasteiger partial charge in [0.05, 0.1) is 30.0 Å². The number of carbonyl (C=O) groups excluding carboxylic acids is 2. The molecule has 100 valence electrons. The number of hydrogen-bond acceptors (Lipinski definition) is 6. The van der Waals surface area contributed by atoms with Crippen molar-refractivity contribution in [2.75, 3.05) is 14.2 Å². The van der Waals surface area contributed by atoms with Crippen LogP contribution in [0.25, 0.3) is 10.2 Å². The summed E-state index contributed by atoms with van der Waals surface area (Å²) in [4.78, 5) is 23.0. The minimum absolute atomic E-state index is 0.0209. The van der Waals surface area contributed by atoms with Crippen LogP contribution in [0.3, 0.4) is 0 Å². The van der Waals surface area contributed by atoms with Crippen LogP contribution in [-0.2, 0) is 20.8 Å². The fourth-order valence-corrected chi connectivity index (χ4v) is 2.63. The predicted octanol–water partition coefficient (Wildman–Crippen LogP) is 1.14. The van der Waals surface area contributed by atoms with Gasteiger partial charge >= 0.3 is 11.9 Å². The zero-order valence-corrected chi connectivity index (χ0v) is 11.2. The number of nitrogens with zero attached hydrogens (tertiary/aromatic N) is 1. The first kappa shape index (κ1) is 13.3. The molecule has 0 spiro atoms. The van der Waals surface area contributed by atoms with Gasteiger partial charge in [0.15, 0.2) is 4.80 Å². The van der Waals surface area contributed by atoms with Gasteiger partial charge in [-0.25, -0.2) is 4.79 Å². The molecule has 0 fully saturated rings. The minimum atomic E-state index is -0.429. The Hall–Kier alpha value is -2.15. The van der Waals surface area contributed by atoms with Crippen LogP contribution in [0, 0.1) is 5.41 Å². The van der Waals surface area contributed by atoms with Crippen molar-refractivity contribution in [3.8, 4) is 0 Å². The maximum absolute atomic E-state index is 11.4. The number of rotatable bonds is 3. The number of esters is 2. The van der Waals surface area contributed by atoms with E-state index in [1.807, 2.05) is 0 Å². The van der Waals surface area contributed by atoms with Gasteiger partial charge in [0.1, 0.15) is 6.54 Å². The Morgan fingerprint density at radius 1 is 1.32 bits per heavy atom.